The van der Waals surface area contributed by atoms with E-state index in [1.807, 2.05) is 6.07 Å². The van der Waals surface area contributed by atoms with Gasteiger partial charge in [0.2, 0.25) is 0 Å². The molecule has 2 aromatic heterocycles. The Balaban J connectivity index is 2.71. The van der Waals surface area contributed by atoms with Crippen molar-refractivity contribution in [1.29, 1.82) is 5.26 Å². The zero-order chi connectivity index (χ0) is 11.5. The maximum Gasteiger partial charge on any atom is 0.267 e. The van der Waals surface area contributed by atoms with E-state index >= 15 is 0 Å². The van der Waals surface area contributed by atoms with Gasteiger partial charge in [-0.2, -0.15) is 10.4 Å². The van der Waals surface area contributed by atoms with Gasteiger partial charge in [-0.25, -0.2) is 4.68 Å². The molecule has 0 unspecified atom stereocenters. The first-order chi connectivity index (χ1) is 7.72. The molecule has 0 amide bonds. The smallest absolute Gasteiger partial charge is 0.267 e. The summed E-state index contributed by atoms with van der Waals surface area (Å²) in [5.41, 5.74) is 1.15. The number of pyridine rings is 1. The van der Waals surface area contributed by atoms with Crippen LogP contribution >= 0.6 is 0 Å². The van der Waals surface area contributed by atoms with E-state index in [0.717, 1.165) is 5.56 Å². The molecule has 0 fully saturated rings. The Morgan fingerprint density at radius 1 is 1.50 bits per heavy atom. The molecule has 0 aliphatic heterocycles. The van der Waals surface area contributed by atoms with Gasteiger partial charge in [0.1, 0.15) is 11.8 Å². The molecule has 0 N–H and O–H groups in total. The molecule has 0 radical (unpaired) electrons. The maximum atomic E-state index is 11.3. The lowest BCUT2D eigenvalue weighted by Gasteiger charge is -2.03. The number of aromatic nitrogens is 3. The van der Waals surface area contributed by atoms with Crippen LogP contribution in [-0.2, 0) is 7.05 Å². The van der Waals surface area contributed by atoms with Crippen molar-refractivity contribution in [1.82, 2.24) is 14.8 Å². The average Bonchev–Trinajstić information content (AvgIpc) is 2.33. The molecule has 0 aliphatic rings. The van der Waals surface area contributed by atoms with Crippen LogP contribution in [0.5, 0.6) is 0 Å². The fraction of sp³-hybridized carbons (Fsp3) is 0.0909. The molecule has 0 aromatic carbocycles. The third kappa shape index (κ3) is 1.68. The summed E-state index contributed by atoms with van der Waals surface area (Å²) in [6.45, 7) is 0. The topological polar surface area (TPSA) is 71.6 Å². The minimum Gasteiger partial charge on any atom is -0.268 e. The molecular formula is C11H8N4O. The van der Waals surface area contributed by atoms with Gasteiger partial charge in [-0.15, -0.1) is 0 Å². The van der Waals surface area contributed by atoms with Gasteiger partial charge in [-0.1, -0.05) is 0 Å². The van der Waals surface area contributed by atoms with E-state index in [2.05, 4.69) is 10.1 Å². The fourth-order valence-electron chi connectivity index (χ4n) is 1.34. The molecule has 0 atom stereocenters. The van der Waals surface area contributed by atoms with Crippen molar-refractivity contribution in [2.75, 3.05) is 0 Å². The van der Waals surface area contributed by atoms with Crippen LogP contribution in [0, 0.1) is 11.3 Å². The number of rotatable bonds is 1. The summed E-state index contributed by atoms with van der Waals surface area (Å²) in [6, 6.07) is 6.78. The molecule has 16 heavy (non-hydrogen) atoms. The molecule has 5 heteroatoms. The molecule has 5 nitrogen and oxygen atoms in total. The van der Waals surface area contributed by atoms with Crippen LogP contribution in [0.25, 0.3) is 11.3 Å². The highest BCUT2D eigenvalue weighted by atomic mass is 16.1. The molecule has 78 valence electrons. The lowest BCUT2D eigenvalue weighted by molar-refractivity contribution is 0.710. The lowest BCUT2D eigenvalue weighted by Crippen LogP contribution is -2.20. The summed E-state index contributed by atoms with van der Waals surface area (Å²) < 4.78 is 1.20. The lowest BCUT2D eigenvalue weighted by atomic mass is 10.1. The summed E-state index contributed by atoms with van der Waals surface area (Å²) in [7, 11) is 1.54. The van der Waals surface area contributed by atoms with Crippen molar-refractivity contribution >= 4 is 0 Å². The standard InChI is InChI=1S/C11H8N4O/c1-15-10(16)5-9(6-12)11(14-15)8-3-2-4-13-7-8/h2-5,7H,1H3. The molecule has 0 bridgehead atoms. The van der Waals surface area contributed by atoms with Crippen molar-refractivity contribution in [3.63, 3.8) is 0 Å². The minimum absolute atomic E-state index is 0.260. The van der Waals surface area contributed by atoms with Gasteiger partial charge in [0.05, 0.1) is 5.56 Å². The van der Waals surface area contributed by atoms with Gasteiger partial charge in [0.25, 0.3) is 5.56 Å². The highest BCUT2D eigenvalue weighted by molar-refractivity contribution is 5.64. The second-order valence-electron chi connectivity index (χ2n) is 3.22. The van der Waals surface area contributed by atoms with Crippen LogP contribution in [0.2, 0.25) is 0 Å². The predicted molar refractivity (Wildman–Crippen MR) is 57.4 cm³/mol. The predicted octanol–water partition coefficient (Wildman–Crippen LogP) is 0.714. The number of hydrogen-bond donors (Lipinski definition) is 0. The Morgan fingerprint density at radius 2 is 2.31 bits per heavy atom. The highest BCUT2D eigenvalue weighted by Crippen LogP contribution is 2.17. The number of nitrogens with zero attached hydrogens (tertiary/aromatic N) is 4. The Hall–Kier alpha value is -2.48. The molecule has 2 heterocycles. The van der Waals surface area contributed by atoms with Gasteiger partial charge < -0.3 is 0 Å². The zero-order valence-electron chi connectivity index (χ0n) is 8.58. The van der Waals surface area contributed by atoms with Gasteiger partial charge in [0.15, 0.2) is 0 Å². The van der Waals surface area contributed by atoms with Crippen LogP contribution in [0.4, 0.5) is 0 Å². The van der Waals surface area contributed by atoms with Gasteiger partial charge in [-0.3, -0.25) is 9.78 Å². The van der Waals surface area contributed by atoms with Gasteiger partial charge >= 0.3 is 0 Å². The Labute approximate surface area is 91.6 Å². The fourth-order valence-corrected chi connectivity index (χ4v) is 1.34. The van der Waals surface area contributed by atoms with Crippen LogP contribution < -0.4 is 5.56 Å². The Morgan fingerprint density at radius 3 is 2.94 bits per heavy atom. The summed E-state index contributed by atoms with van der Waals surface area (Å²) in [4.78, 5) is 15.3. The van der Waals surface area contributed by atoms with Gasteiger partial charge in [-0.05, 0) is 12.1 Å². The number of aryl methyl sites for hydroxylation is 1. The maximum absolute atomic E-state index is 11.3. The van der Waals surface area contributed by atoms with E-state index in [-0.39, 0.29) is 11.1 Å². The van der Waals surface area contributed by atoms with Crippen molar-refractivity contribution in [2.24, 2.45) is 7.05 Å². The first kappa shape index (κ1) is 10.1. The summed E-state index contributed by atoms with van der Waals surface area (Å²) in [5, 5.41) is 13.0. The van der Waals surface area contributed by atoms with Crippen LogP contribution in [-0.4, -0.2) is 14.8 Å². The van der Waals surface area contributed by atoms with E-state index in [1.165, 1.54) is 10.7 Å². The molecule has 0 saturated carbocycles. The molecule has 0 spiro atoms. The number of nitriles is 1. The molecule has 2 aromatic rings. The van der Waals surface area contributed by atoms with Crippen LogP contribution in [0.3, 0.4) is 0 Å². The van der Waals surface area contributed by atoms with E-state index in [4.69, 9.17) is 5.26 Å². The minimum atomic E-state index is -0.302. The van der Waals surface area contributed by atoms with Crippen LogP contribution in [0.15, 0.2) is 35.4 Å². The molecule has 0 saturated heterocycles. The average molecular weight is 212 g/mol. The van der Waals surface area contributed by atoms with E-state index in [9.17, 15) is 4.79 Å². The normalized spacial score (nSPS) is 9.75. The van der Waals surface area contributed by atoms with E-state index in [1.54, 1.807) is 31.6 Å². The largest absolute Gasteiger partial charge is 0.268 e. The van der Waals surface area contributed by atoms with Crippen molar-refractivity contribution < 1.29 is 0 Å². The van der Waals surface area contributed by atoms with E-state index < -0.39 is 0 Å². The van der Waals surface area contributed by atoms with Gasteiger partial charge in [0, 0.05) is 31.1 Å². The molecular weight excluding hydrogens is 204 g/mol. The van der Waals surface area contributed by atoms with Crippen molar-refractivity contribution in [3.8, 4) is 17.3 Å². The molecule has 2 rings (SSSR count). The zero-order valence-corrected chi connectivity index (χ0v) is 8.58. The number of hydrogen-bond acceptors (Lipinski definition) is 4. The van der Waals surface area contributed by atoms with Crippen molar-refractivity contribution in [2.45, 2.75) is 0 Å². The monoisotopic (exact) mass is 212 g/mol. The first-order valence-electron chi connectivity index (χ1n) is 4.61. The first-order valence-corrected chi connectivity index (χ1v) is 4.61. The summed E-state index contributed by atoms with van der Waals surface area (Å²) >= 11 is 0. The second-order valence-corrected chi connectivity index (χ2v) is 3.22. The third-order valence-corrected chi connectivity index (χ3v) is 2.15. The molecule has 0 aliphatic carbocycles. The van der Waals surface area contributed by atoms with Crippen molar-refractivity contribution in [3.05, 3.63) is 46.5 Å². The second kappa shape index (κ2) is 3.95. The third-order valence-electron chi connectivity index (χ3n) is 2.15. The van der Waals surface area contributed by atoms with Crippen LogP contribution in [0.1, 0.15) is 5.56 Å². The highest BCUT2D eigenvalue weighted by Gasteiger charge is 2.08. The quantitative estimate of drug-likeness (QED) is 0.698. The Bertz CT molecular complexity index is 610. The van der Waals surface area contributed by atoms with E-state index in [0.29, 0.717) is 5.69 Å². The summed E-state index contributed by atoms with van der Waals surface area (Å²) in [5.74, 6) is 0. The SMILES string of the molecule is Cn1nc(-c2cccnc2)c(C#N)cc1=O. The Kier molecular flexibility index (Phi) is 2.48. The summed E-state index contributed by atoms with van der Waals surface area (Å²) in [6.07, 6.45) is 3.24.